The van der Waals surface area contributed by atoms with Gasteiger partial charge >= 0.3 is 0 Å². The van der Waals surface area contributed by atoms with E-state index < -0.39 is 0 Å². The fourth-order valence-corrected chi connectivity index (χ4v) is 3.23. The molecule has 116 valence electrons. The van der Waals surface area contributed by atoms with E-state index in [4.69, 9.17) is 0 Å². The summed E-state index contributed by atoms with van der Waals surface area (Å²) in [5.74, 6) is 2.98. The van der Waals surface area contributed by atoms with Gasteiger partial charge in [0.1, 0.15) is 0 Å². The average Bonchev–Trinajstić information content (AvgIpc) is 2.83. The molecule has 1 N–H and O–H groups in total. The molecule has 4 heteroatoms. The van der Waals surface area contributed by atoms with E-state index in [2.05, 4.69) is 49.1 Å². The van der Waals surface area contributed by atoms with Gasteiger partial charge in [0.2, 0.25) is 0 Å². The Morgan fingerprint density at radius 3 is 1.85 bits per heavy atom. The number of aromatic amines is 1. The van der Waals surface area contributed by atoms with Crippen LogP contribution in [0.4, 0.5) is 0 Å². The maximum Gasteiger partial charge on any atom is 0.0182 e. The molecule has 0 radical (unpaired) electrons. The summed E-state index contributed by atoms with van der Waals surface area (Å²) in [5, 5.41) is 0. The molecule has 0 amide bonds. The standard InChI is InChI=1S/C16H29NS3/c18-10-4-1-7-14-13-17-16(9-3-6-12-20)15(14)8-2-5-11-19/h13,17-20H,1-12H2. The summed E-state index contributed by atoms with van der Waals surface area (Å²) in [5.41, 5.74) is 4.59. The first kappa shape index (κ1) is 18.4. The van der Waals surface area contributed by atoms with E-state index in [0.29, 0.717) is 0 Å². The summed E-state index contributed by atoms with van der Waals surface area (Å²) in [4.78, 5) is 3.52. The molecule has 1 nitrogen and oxygen atoms in total. The molecule has 0 aliphatic carbocycles. The number of aryl methyl sites for hydroxylation is 2. The van der Waals surface area contributed by atoms with E-state index in [0.717, 1.165) is 17.3 Å². The number of H-pyrrole nitrogens is 1. The first-order valence-electron chi connectivity index (χ1n) is 7.84. The molecule has 0 fully saturated rings. The van der Waals surface area contributed by atoms with Crippen LogP contribution in [-0.2, 0) is 19.3 Å². The SMILES string of the molecule is SCCCCc1c[nH]c(CCCCS)c1CCCCS. The fraction of sp³-hybridized carbons (Fsp3) is 0.750. The summed E-state index contributed by atoms with van der Waals surface area (Å²) >= 11 is 12.9. The number of nitrogens with one attached hydrogen (secondary N) is 1. The highest BCUT2D eigenvalue weighted by atomic mass is 32.1. The van der Waals surface area contributed by atoms with Crippen LogP contribution in [0.15, 0.2) is 6.20 Å². The third-order valence-electron chi connectivity index (χ3n) is 3.70. The molecule has 0 atom stereocenters. The molecular formula is C16H29NS3. The number of aromatic nitrogens is 1. The van der Waals surface area contributed by atoms with Crippen molar-refractivity contribution in [2.24, 2.45) is 0 Å². The predicted octanol–water partition coefficient (Wildman–Crippen LogP) is 4.77. The van der Waals surface area contributed by atoms with Gasteiger partial charge < -0.3 is 4.98 Å². The predicted molar refractivity (Wildman–Crippen MR) is 101 cm³/mol. The van der Waals surface area contributed by atoms with E-state index in [1.54, 1.807) is 5.56 Å². The van der Waals surface area contributed by atoms with Crippen molar-refractivity contribution < 1.29 is 0 Å². The van der Waals surface area contributed by atoms with Gasteiger partial charge in [0, 0.05) is 11.9 Å². The lowest BCUT2D eigenvalue weighted by atomic mass is 9.98. The highest BCUT2D eigenvalue weighted by Crippen LogP contribution is 2.21. The molecule has 0 bridgehead atoms. The molecular weight excluding hydrogens is 302 g/mol. The number of hydrogen-bond donors (Lipinski definition) is 4. The van der Waals surface area contributed by atoms with Crippen LogP contribution in [-0.4, -0.2) is 22.2 Å². The van der Waals surface area contributed by atoms with Gasteiger partial charge in [-0.2, -0.15) is 37.9 Å². The van der Waals surface area contributed by atoms with Crippen molar-refractivity contribution >= 4 is 37.9 Å². The van der Waals surface area contributed by atoms with Gasteiger partial charge in [-0.25, -0.2) is 0 Å². The molecule has 0 spiro atoms. The van der Waals surface area contributed by atoms with Crippen LogP contribution < -0.4 is 0 Å². The lowest BCUT2D eigenvalue weighted by Crippen LogP contribution is -1.98. The monoisotopic (exact) mass is 331 g/mol. The second-order valence-electron chi connectivity index (χ2n) is 5.31. The zero-order chi connectivity index (χ0) is 14.6. The Kier molecular flexibility index (Phi) is 11.0. The third-order valence-corrected chi connectivity index (χ3v) is 4.65. The molecule has 0 unspecified atom stereocenters. The minimum absolute atomic E-state index is 0.991. The van der Waals surface area contributed by atoms with Crippen LogP contribution in [0, 0.1) is 0 Å². The van der Waals surface area contributed by atoms with Crippen LogP contribution in [0.25, 0.3) is 0 Å². The topological polar surface area (TPSA) is 15.8 Å². The molecule has 0 aliphatic rings. The molecule has 1 aromatic rings. The summed E-state index contributed by atoms with van der Waals surface area (Å²) in [6, 6.07) is 0. The van der Waals surface area contributed by atoms with Crippen LogP contribution in [0.5, 0.6) is 0 Å². The van der Waals surface area contributed by atoms with Gasteiger partial charge in [0.05, 0.1) is 0 Å². The highest BCUT2D eigenvalue weighted by molar-refractivity contribution is 7.80. The average molecular weight is 332 g/mol. The number of hydrogen-bond acceptors (Lipinski definition) is 3. The van der Waals surface area contributed by atoms with Crippen molar-refractivity contribution in [1.82, 2.24) is 4.98 Å². The largest absolute Gasteiger partial charge is 0.364 e. The van der Waals surface area contributed by atoms with E-state index in [1.165, 1.54) is 69.0 Å². The Morgan fingerprint density at radius 2 is 1.25 bits per heavy atom. The maximum absolute atomic E-state index is 4.32. The summed E-state index contributed by atoms with van der Waals surface area (Å²) in [7, 11) is 0. The Balaban J connectivity index is 2.60. The molecule has 1 rings (SSSR count). The van der Waals surface area contributed by atoms with E-state index in [1.807, 2.05) is 0 Å². The van der Waals surface area contributed by atoms with Crippen LogP contribution in [0.3, 0.4) is 0 Å². The van der Waals surface area contributed by atoms with Crippen molar-refractivity contribution in [3.05, 3.63) is 23.0 Å². The van der Waals surface area contributed by atoms with Crippen molar-refractivity contribution in [3.63, 3.8) is 0 Å². The lowest BCUT2D eigenvalue weighted by molar-refractivity contribution is 0.744. The third kappa shape index (κ3) is 6.86. The van der Waals surface area contributed by atoms with Gasteiger partial charge in [0.25, 0.3) is 0 Å². The lowest BCUT2D eigenvalue weighted by Gasteiger charge is -2.07. The van der Waals surface area contributed by atoms with Gasteiger partial charge in [-0.05, 0) is 86.2 Å². The molecule has 0 aromatic carbocycles. The van der Waals surface area contributed by atoms with Gasteiger partial charge in [-0.1, -0.05) is 0 Å². The van der Waals surface area contributed by atoms with E-state index in [-0.39, 0.29) is 0 Å². The molecule has 1 aromatic heterocycles. The Hall–Kier alpha value is 0.330. The Morgan fingerprint density at radius 1 is 0.700 bits per heavy atom. The van der Waals surface area contributed by atoms with Crippen LogP contribution >= 0.6 is 37.9 Å². The van der Waals surface area contributed by atoms with E-state index >= 15 is 0 Å². The van der Waals surface area contributed by atoms with Gasteiger partial charge in [-0.15, -0.1) is 0 Å². The zero-order valence-electron chi connectivity index (χ0n) is 12.4. The highest BCUT2D eigenvalue weighted by Gasteiger charge is 2.10. The second kappa shape index (κ2) is 11.9. The molecule has 0 saturated heterocycles. The molecule has 0 aliphatic heterocycles. The van der Waals surface area contributed by atoms with Crippen LogP contribution in [0.2, 0.25) is 0 Å². The van der Waals surface area contributed by atoms with Crippen molar-refractivity contribution in [1.29, 1.82) is 0 Å². The van der Waals surface area contributed by atoms with Crippen molar-refractivity contribution in [3.8, 4) is 0 Å². The van der Waals surface area contributed by atoms with Crippen molar-refractivity contribution in [2.75, 3.05) is 17.3 Å². The van der Waals surface area contributed by atoms with E-state index in [9.17, 15) is 0 Å². The number of rotatable bonds is 12. The number of thiol groups is 3. The first-order chi connectivity index (χ1) is 9.83. The van der Waals surface area contributed by atoms with Gasteiger partial charge in [-0.3, -0.25) is 0 Å². The van der Waals surface area contributed by atoms with Crippen molar-refractivity contribution in [2.45, 2.75) is 57.8 Å². The first-order valence-corrected chi connectivity index (χ1v) is 9.73. The summed E-state index contributed by atoms with van der Waals surface area (Å²) in [6.07, 6.45) is 13.2. The second-order valence-corrected chi connectivity index (χ2v) is 6.65. The van der Waals surface area contributed by atoms with Crippen LogP contribution in [0.1, 0.15) is 55.3 Å². The number of unbranched alkanes of at least 4 members (excludes halogenated alkanes) is 3. The molecule has 0 saturated carbocycles. The Bertz CT molecular complexity index is 322. The Labute approximate surface area is 140 Å². The summed E-state index contributed by atoms with van der Waals surface area (Å²) < 4.78 is 0. The minimum Gasteiger partial charge on any atom is -0.364 e. The smallest absolute Gasteiger partial charge is 0.0182 e. The molecule has 1 heterocycles. The fourth-order valence-electron chi connectivity index (χ4n) is 2.55. The maximum atomic E-state index is 4.32. The molecule has 20 heavy (non-hydrogen) atoms. The quantitative estimate of drug-likeness (QED) is 0.312. The van der Waals surface area contributed by atoms with Gasteiger partial charge in [0.15, 0.2) is 0 Å². The normalized spacial score (nSPS) is 11.2. The minimum atomic E-state index is 0.991. The zero-order valence-corrected chi connectivity index (χ0v) is 15.1. The summed E-state index contributed by atoms with van der Waals surface area (Å²) in [6.45, 7) is 0.